The molecule has 27 heavy (non-hydrogen) atoms. The van der Waals surface area contributed by atoms with E-state index in [1.54, 1.807) is 0 Å². The predicted molar refractivity (Wildman–Crippen MR) is 108 cm³/mol. The van der Waals surface area contributed by atoms with Crippen LogP contribution < -0.4 is 0 Å². The van der Waals surface area contributed by atoms with Crippen LogP contribution in [0.15, 0.2) is 30.3 Å². The van der Waals surface area contributed by atoms with E-state index in [0.29, 0.717) is 30.8 Å². The second kappa shape index (κ2) is 8.60. The highest BCUT2D eigenvalue weighted by Crippen LogP contribution is 2.35. The second-order valence-corrected chi connectivity index (χ2v) is 8.59. The van der Waals surface area contributed by atoms with Crippen molar-refractivity contribution in [3.8, 4) is 0 Å². The molecular formula is C21H29BrN2O3. The fourth-order valence-electron chi connectivity index (χ4n) is 5.15. The maximum atomic E-state index is 12.3. The standard InChI is InChI=1S/C21H29BrN2O3/c22-14-21(26)24-10-11-27-20-13-19(25)17(12-18(20)24)23-8-6-16(7-9-23)15-4-2-1-3-5-15/h1-5,16-20,25H,6-14H2. The minimum Gasteiger partial charge on any atom is -0.391 e. The van der Waals surface area contributed by atoms with Gasteiger partial charge in [0.25, 0.3) is 0 Å². The molecule has 4 unspecified atom stereocenters. The van der Waals surface area contributed by atoms with Gasteiger partial charge in [0.15, 0.2) is 0 Å². The Bertz CT molecular complexity index is 636. The van der Waals surface area contributed by atoms with Crippen LogP contribution in [-0.2, 0) is 9.53 Å². The lowest BCUT2D eigenvalue weighted by molar-refractivity contribution is -0.158. The normalized spacial score (nSPS) is 32.9. The number of likely N-dealkylation sites (tertiary alicyclic amines) is 1. The molecule has 6 heteroatoms. The van der Waals surface area contributed by atoms with E-state index < -0.39 is 0 Å². The summed E-state index contributed by atoms with van der Waals surface area (Å²) in [5, 5.41) is 11.1. The van der Waals surface area contributed by atoms with Crippen molar-refractivity contribution in [3.63, 3.8) is 0 Å². The quantitative estimate of drug-likeness (QED) is 0.738. The summed E-state index contributed by atoms with van der Waals surface area (Å²) in [5.74, 6) is 0.742. The number of carbonyl (C=O) groups excluding carboxylic acids is 1. The number of morpholine rings is 1. The smallest absolute Gasteiger partial charge is 0.233 e. The van der Waals surface area contributed by atoms with Gasteiger partial charge in [-0.05, 0) is 43.8 Å². The Morgan fingerprint density at radius 2 is 1.85 bits per heavy atom. The third-order valence-corrected chi connectivity index (χ3v) is 7.08. The number of piperidine rings is 1. The number of ether oxygens (including phenoxy) is 1. The van der Waals surface area contributed by atoms with Gasteiger partial charge in [0.05, 0.1) is 30.2 Å². The number of fused-ring (bicyclic) bond motifs is 1. The summed E-state index contributed by atoms with van der Waals surface area (Å²) in [4.78, 5) is 16.8. The van der Waals surface area contributed by atoms with Crippen molar-refractivity contribution < 1.29 is 14.6 Å². The molecule has 0 aromatic heterocycles. The van der Waals surface area contributed by atoms with Gasteiger partial charge in [0, 0.05) is 19.0 Å². The minimum atomic E-state index is -0.376. The molecule has 148 valence electrons. The topological polar surface area (TPSA) is 53.0 Å². The molecule has 2 heterocycles. The minimum absolute atomic E-state index is 0.0325. The first kappa shape index (κ1) is 19.4. The van der Waals surface area contributed by atoms with Crippen molar-refractivity contribution in [1.82, 2.24) is 9.80 Å². The maximum Gasteiger partial charge on any atom is 0.233 e. The summed E-state index contributed by atoms with van der Waals surface area (Å²) in [6.45, 7) is 3.24. The summed E-state index contributed by atoms with van der Waals surface area (Å²) >= 11 is 3.31. The van der Waals surface area contributed by atoms with E-state index in [1.807, 2.05) is 4.90 Å². The average Bonchev–Trinajstić information content (AvgIpc) is 2.73. The molecule has 1 aromatic rings. The van der Waals surface area contributed by atoms with E-state index in [4.69, 9.17) is 4.74 Å². The zero-order valence-electron chi connectivity index (χ0n) is 15.7. The Balaban J connectivity index is 1.41. The van der Waals surface area contributed by atoms with Crippen LogP contribution in [0.2, 0.25) is 0 Å². The molecular weight excluding hydrogens is 408 g/mol. The molecule has 1 amide bonds. The number of alkyl halides is 1. The van der Waals surface area contributed by atoms with Crippen molar-refractivity contribution in [1.29, 1.82) is 0 Å². The van der Waals surface area contributed by atoms with Crippen molar-refractivity contribution in [2.24, 2.45) is 0 Å². The number of carbonyl (C=O) groups is 1. The SMILES string of the molecule is O=C(CBr)N1CCOC2CC(O)C(N3CCC(c4ccccc4)CC3)CC21. The van der Waals surface area contributed by atoms with Crippen LogP contribution in [0.25, 0.3) is 0 Å². The first-order chi connectivity index (χ1) is 13.2. The first-order valence-electron chi connectivity index (χ1n) is 10.1. The van der Waals surface area contributed by atoms with Crippen molar-refractivity contribution >= 4 is 21.8 Å². The van der Waals surface area contributed by atoms with E-state index in [-0.39, 0.29) is 30.2 Å². The van der Waals surface area contributed by atoms with Gasteiger partial charge in [-0.15, -0.1) is 0 Å². The Morgan fingerprint density at radius 3 is 2.56 bits per heavy atom. The van der Waals surface area contributed by atoms with E-state index in [2.05, 4.69) is 51.2 Å². The number of aliphatic hydroxyl groups is 1. The molecule has 4 atom stereocenters. The van der Waals surface area contributed by atoms with Crippen LogP contribution in [0.4, 0.5) is 0 Å². The summed E-state index contributed by atoms with van der Waals surface area (Å²) in [7, 11) is 0. The van der Waals surface area contributed by atoms with Crippen molar-refractivity contribution in [2.45, 2.75) is 55.9 Å². The molecule has 5 nitrogen and oxygen atoms in total. The summed E-state index contributed by atoms with van der Waals surface area (Å²) in [5.41, 5.74) is 1.43. The van der Waals surface area contributed by atoms with Gasteiger partial charge in [-0.25, -0.2) is 0 Å². The molecule has 3 fully saturated rings. The molecule has 4 rings (SSSR count). The van der Waals surface area contributed by atoms with E-state index in [9.17, 15) is 9.90 Å². The molecule has 3 aliphatic rings. The number of benzene rings is 1. The van der Waals surface area contributed by atoms with E-state index in [0.717, 1.165) is 32.4 Å². The first-order valence-corrected chi connectivity index (χ1v) is 11.2. The largest absolute Gasteiger partial charge is 0.391 e. The Morgan fingerprint density at radius 1 is 1.11 bits per heavy atom. The van der Waals surface area contributed by atoms with Gasteiger partial charge in [0.1, 0.15) is 0 Å². The lowest BCUT2D eigenvalue weighted by Crippen LogP contribution is -2.63. The van der Waals surface area contributed by atoms with Crippen LogP contribution in [0.5, 0.6) is 0 Å². The zero-order valence-corrected chi connectivity index (χ0v) is 17.3. The molecule has 2 aliphatic heterocycles. The molecule has 2 saturated heterocycles. The van der Waals surface area contributed by atoms with Gasteiger partial charge in [-0.3, -0.25) is 9.69 Å². The Labute approximate surface area is 169 Å². The van der Waals surface area contributed by atoms with Crippen LogP contribution in [0.1, 0.15) is 37.2 Å². The number of hydrogen-bond donors (Lipinski definition) is 1. The monoisotopic (exact) mass is 436 g/mol. The molecule has 0 radical (unpaired) electrons. The maximum absolute atomic E-state index is 12.3. The molecule has 1 N–H and O–H groups in total. The molecule has 0 spiro atoms. The van der Waals surface area contributed by atoms with E-state index in [1.165, 1.54) is 5.56 Å². The summed E-state index contributed by atoms with van der Waals surface area (Å²) in [6, 6.07) is 11.0. The molecule has 1 saturated carbocycles. The summed E-state index contributed by atoms with van der Waals surface area (Å²) in [6.07, 6.45) is 3.28. The average molecular weight is 437 g/mol. The highest BCUT2D eigenvalue weighted by Gasteiger charge is 2.45. The van der Waals surface area contributed by atoms with Gasteiger partial charge in [0.2, 0.25) is 5.91 Å². The van der Waals surface area contributed by atoms with Crippen LogP contribution in [0.3, 0.4) is 0 Å². The number of hydrogen-bond acceptors (Lipinski definition) is 4. The van der Waals surface area contributed by atoms with Gasteiger partial charge >= 0.3 is 0 Å². The lowest BCUT2D eigenvalue weighted by Gasteiger charge is -2.50. The van der Waals surface area contributed by atoms with E-state index >= 15 is 0 Å². The number of halogens is 1. The zero-order chi connectivity index (χ0) is 18.8. The van der Waals surface area contributed by atoms with Crippen molar-refractivity contribution in [2.75, 3.05) is 31.6 Å². The Hall–Kier alpha value is -0.950. The predicted octanol–water partition coefficient (Wildman–Crippen LogP) is 2.38. The highest BCUT2D eigenvalue weighted by molar-refractivity contribution is 9.09. The Kier molecular flexibility index (Phi) is 6.17. The van der Waals surface area contributed by atoms with Crippen LogP contribution >= 0.6 is 15.9 Å². The fourth-order valence-corrected chi connectivity index (χ4v) is 5.47. The molecule has 1 aliphatic carbocycles. The van der Waals surface area contributed by atoms with Gasteiger partial charge < -0.3 is 14.7 Å². The third-order valence-electron chi connectivity index (χ3n) is 6.60. The van der Waals surface area contributed by atoms with Crippen LogP contribution in [-0.4, -0.2) is 76.7 Å². The van der Waals surface area contributed by atoms with Gasteiger partial charge in [-0.1, -0.05) is 46.3 Å². The van der Waals surface area contributed by atoms with Crippen molar-refractivity contribution in [3.05, 3.63) is 35.9 Å². The number of aliphatic hydroxyl groups excluding tert-OH is 1. The number of amides is 1. The van der Waals surface area contributed by atoms with Gasteiger partial charge in [-0.2, -0.15) is 0 Å². The molecule has 1 aromatic carbocycles. The number of rotatable bonds is 3. The third kappa shape index (κ3) is 4.09. The van der Waals surface area contributed by atoms with Crippen LogP contribution in [0, 0.1) is 0 Å². The lowest BCUT2D eigenvalue weighted by atomic mass is 9.81. The summed E-state index contributed by atoms with van der Waals surface area (Å²) < 4.78 is 5.90. The highest BCUT2D eigenvalue weighted by atomic mass is 79.9. The number of nitrogens with zero attached hydrogens (tertiary/aromatic N) is 2. The fraction of sp³-hybridized carbons (Fsp3) is 0.667. The second-order valence-electron chi connectivity index (χ2n) is 8.02. The molecule has 0 bridgehead atoms.